The molecule has 0 bridgehead atoms. The maximum Gasteiger partial charge on any atom is 0.219 e. The van der Waals surface area contributed by atoms with Crippen LogP contribution < -0.4 is 4.74 Å². The van der Waals surface area contributed by atoms with Crippen LogP contribution in [0.1, 0.15) is 0 Å². The molecule has 3 aromatic heterocycles. The van der Waals surface area contributed by atoms with Gasteiger partial charge < -0.3 is 4.74 Å². The van der Waals surface area contributed by atoms with Gasteiger partial charge in [-0.05, 0) is 24.3 Å². The van der Waals surface area contributed by atoms with Crippen molar-refractivity contribution in [3.8, 4) is 22.9 Å². The predicted molar refractivity (Wildman–Crippen MR) is 124 cm³/mol. The molecule has 0 aliphatic carbocycles. The Labute approximate surface area is 177 Å². The normalized spacial score (nSPS) is 11.3. The maximum atomic E-state index is 6.35. The van der Waals surface area contributed by atoms with Crippen molar-refractivity contribution in [1.29, 1.82) is 0 Å². The fourth-order valence-corrected chi connectivity index (χ4v) is 5.00. The number of ether oxygens (including phenoxy) is 1. The zero-order chi connectivity index (χ0) is 19.9. The number of fused-ring (bicyclic) bond motifs is 5. The zero-order valence-electron chi connectivity index (χ0n) is 15.9. The fraction of sp³-hybridized carbons (Fsp3) is 0. The van der Waals surface area contributed by atoms with Gasteiger partial charge in [0.15, 0.2) is 0 Å². The van der Waals surface area contributed by atoms with E-state index in [1.165, 1.54) is 14.8 Å². The third-order valence-electron chi connectivity index (χ3n) is 5.20. The first-order chi connectivity index (χ1) is 14.9. The highest BCUT2D eigenvalue weighted by Crippen LogP contribution is 2.42. The summed E-state index contributed by atoms with van der Waals surface area (Å²) in [4.78, 5) is 9.36. The SMILES string of the molecule is c1ccc(-c2cccc(Oc3cc4c5ncccc5sc4c4ccccc34)n2)cc1. The van der Waals surface area contributed by atoms with E-state index in [0.717, 1.165) is 33.3 Å². The second-order valence-electron chi connectivity index (χ2n) is 7.08. The largest absolute Gasteiger partial charge is 0.438 e. The van der Waals surface area contributed by atoms with E-state index in [2.05, 4.69) is 47.4 Å². The number of hydrogen-bond donors (Lipinski definition) is 0. The van der Waals surface area contributed by atoms with Crippen molar-refractivity contribution >= 4 is 42.4 Å². The average Bonchev–Trinajstić information content (AvgIpc) is 3.19. The summed E-state index contributed by atoms with van der Waals surface area (Å²) in [6.45, 7) is 0. The Kier molecular flexibility index (Phi) is 3.96. The highest BCUT2D eigenvalue weighted by Gasteiger charge is 2.14. The first-order valence-electron chi connectivity index (χ1n) is 9.76. The van der Waals surface area contributed by atoms with E-state index in [1.807, 2.05) is 54.7 Å². The molecule has 0 saturated heterocycles. The van der Waals surface area contributed by atoms with Crippen molar-refractivity contribution in [3.63, 3.8) is 0 Å². The molecule has 0 fully saturated rings. The van der Waals surface area contributed by atoms with Crippen LogP contribution in [0, 0.1) is 0 Å². The molecule has 6 rings (SSSR count). The molecule has 3 heterocycles. The van der Waals surface area contributed by atoms with Gasteiger partial charge in [-0.1, -0.05) is 60.7 Å². The van der Waals surface area contributed by atoms with Crippen molar-refractivity contribution in [3.05, 3.63) is 97.2 Å². The molecule has 6 aromatic rings. The third kappa shape index (κ3) is 2.81. The first kappa shape index (κ1) is 17.1. The van der Waals surface area contributed by atoms with Gasteiger partial charge in [0, 0.05) is 38.7 Å². The molecule has 0 saturated carbocycles. The lowest BCUT2D eigenvalue weighted by atomic mass is 10.1. The molecular formula is C26H16N2OS. The van der Waals surface area contributed by atoms with E-state index in [0.29, 0.717) is 5.88 Å². The second-order valence-corrected chi connectivity index (χ2v) is 8.13. The van der Waals surface area contributed by atoms with Crippen LogP contribution in [-0.2, 0) is 0 Å². The smallest absolute Gasteiger partial charge is 0.219 e. The monoisotopic (exact) mass is 404 g/mol. The van der Waals surface area contributed by atoms with E-state index >= 15 is 0 Å². The molecule has 0 amide bonds. The Morgan fingerprint density at radius 2 is 1.53 bits per heavy atom. The molecule has 3 aromatic carbocycles. The third-order valence-corrected chi connectivity index (χ3v) is 6.40. The topological polar surface area (TPSA) is 35.0 Å². The number of benzene rings is 3. The van der Waals surface area contributed by atoms with E-state index in [4.69, 9.17) is 9.72 Å². The molecule has 0 aliphatic heterocycles. The molecule has 0 unspecified atom stereocenters. The molecule has 0 N–H and O–H groups in total. The van der Waals surface area contributed by atoms with Crippen molar-refractivity contribution in [1.82, 2.24) is 9.97 Å². The highest BCUT2D eigenvalue weighted by molar-refractivity contribution is 7.26. The van der Waals surface area contributed by atoms with E-state index in [-0.39, 0.29) is 0 Å². The van der Waals surface area contributed by atoms with Crippen LogP contribution >= 0.6 is 11.3 Å². The molecule has 0 atom stereocenters. The van der Waals surface area contributed by atoms with Crippen LogP contribution in [0.5, 0.6) is 11.6 Å². The summed E-state index contributed by atoms with van der Waals surface area (Å²) in [7, 11) is 0. The summed E-state index contributed by atoms with van der Waals surface area (Å²) in [5.41, 5.74) is 2.97. The van der Waals surface area contributed by atoms with Crippen LogP contribution in [-0.4, -0.2) is 9.97 Å². The summed E-state index contributed by atoms with van der Waals surface area (Å²) in [5.74, 6) is 1.37. The number of aromatic nitrogens is 2. The maximum absolute atomic E-state index is 6.35. The van der Waals surface area contributed by atoms with Gasteiger partial charge in [0.1, 0.15) is 5.75 Å². The summed E-state index contributed by atoms with van der Waals surface area (Å²) < 4.78 is 8.76. The van der Waals surface area contributed by atoms with Gasteiger partial charge >= 0.3 is 0 Å². The zero-order valence-corrected chi connectivity index (χ0v) is 16.8. The lowest BCUT2D eigenvalue weighted by molar-refractivity contribution is 0.469. The Hall–Kier alpha value is -3.76. The Morgan fingerprint density at radius 1 is 0.700 bits per heavy atom. The molecule has 0 spiro atoms. The summed E-state index contributed by atoms with van der Waals surface area (Å²) in [6.07, 6.45) is 1.84. The molecule has 30 heavy (non-hydrogen) atoms. The lowest BCUT2D eigenvalue weighted by Gasteiger charge is -2.10. The lowest BCUT2D eigenvalue weighted by Crippen LogP contribution is -1.91. The van der Waals surface area contributed by atoms with Gasteiger partial charge in [-0.3, -0.25) is 4.98 Å². The average molecular weight is 404 g/mol. The number of rotatable bonds is 3. The number of hydrogen-bond acceptors (Lipinski definition) is 4. The second kappa shape index (κ2) is 6.94. The minimum Gasteiger partial charge on any atom is -0.438 e. The molecule has 0 radical (unpaired) electrons. The van der Waals surface area contributed by atoms with Crippen LogP contribution in [0.3, 0.4) is 0 Å². The molecule has 142 valence electrons. The number of thiophene rings is 1. The van der Waals surface area contributed by atoms with Crippen LogP contribution in [0.15, 0.2) is 97.2 Å². The quantitative estimate of drug-likeness (QED) is 0.307. The van der Waals surface area contributed by atoms with E-state index < -0.39 is 0 Å². The van der Waals surface area contributed by atoms with Gasteiger partial charge in [-0.2, -0.15) is 0 Å². The van der Waals surface area contributed by atoms with Gasteiger partial charge in [-0.25, -0.2) is 4.98 Å². The molecular weight excluding hydrogens is 388 g/mol. The number of pyridine rings is 2. The predicted octanol–water partition coefficient (Wildman–Crippen LogP) is 7.46. The van der Waals surface area contributed by atoms with Crippen LogP contribution in [0.25, 0.3) is 42.3 Å². The van der Waals surface area contributed by atoms with Crippen LogP contribution in [0.4, 0.5) is 0 Å². The summed E-state index contributed by atoms with van der Waals surface area (Å²) in [5, 5.41) is 3.36. The molecule has 4 heteroatoms. The molecule has 0 aliphatic rings. The Morgan fingerprint density at radius 3 is 2.43 bits per heavy atom. The van der Waals surface area contributed by atoms with Crippen molar-refractivity contribution < 1.29 is 4.74 Å². The van der Waals surface area contributed by atoms with Crippen molar-refractivity contribution in [2.75, 3.05) is 0 Å². The van der Waals surface area contributed by atoms with Crippen molar-refractivity contribution in [2.24, 2.45) is 0 Å². The van der Waals surface area contributed by atoms with Gasteiger partial charge in [0.25, 0.3) is 0 Å². The molecule has 3 nitrogen and oxygen atoms in total. The standard InChI is InChI=1S/C26H16N2OS/c1-2-8-17(9-3-1)21-12-6-14-24(28-21)29-22-16-20-25-23(13-7-15-27-25)30-26(20)19-11-5-4-10-18(19)22/h1-16H. The van der Waals surface area contributed by atoms with Gasteiger partial charge in [0.2, 0.25) is 5.88 Å². The van der Waals surface area contributed by atoms with E-state index in [9.17, 15) is 0 Å². The minimum absolute atomic E-state index is 0.577. The minimum atomic E-state index is 0.577. The summed E-state index contributed by atoms with van der Waals surface area (Å²) in [6, 6.07) is 30.6. The van der Waals surface area contributed by atoms with Crippen molar-refractivity contribution in [2.45, 2.75) is 0 Å². The number of nitrogens with zero attached hydrogens (tertiary/aromatic N) is 2. The van der Waals surface area contributed by atoms with Gasteiger partial charge in [-0.15, -0.1) is 11.3 Å². The Balaban J connectivity index is 1.53. The fourth-order valence-electron chi connectivity index (χ4n) is 3.82. The van der Waals surface area contributed by atoms with Crippen LogP contribution in [0.2, 0.25) is 0 Å². The highest BCUT2D eigenvalue weighted by atomic mass is 32.1. The summed E-state index contributed by atoms with van der Waals surface area (Å²) >= 11 is 1.77. The first-order valence-corrected chi connectivity index (χ1v) is 10.6. The van der Waals surface area contributed by atoms with Gasteiger partial charge in [0.05, 0.1) is 15.9 Å². The Bertz CT molecular complexity index is 1520. The van der Waals surface area contributed by atoms with E-state index in [1.54, 1.807) is 11.3 Å².